The van der Waals surface area contributed by atoms with Crippen molar-refractivity contribution in [3.63, 3.8) is 0 Å². The molecule has 0 rings (SSSR count). The van der Waals surface area contributed by atoms with E-state index in [0.717, 1.165) is 0 Å². The summed E-state index contributed by atoms with van der Waals surface area (Å²) in [6, 6.07) is 0. The first-order valence-electron chi connectivity index (χ1n) is 6.62. The van der Waals surface area contributed by atoms with Crippen molar-refractivity contribution in [2.24, 2.45) is 0 Å². The molecule has 0 aliphatic carbocycles. The molecule has 19 heavy (non-hydrogen) atoms. The third-order valence-corrected chi connectivity index (χ3v) is 4.29. The summed E-state index contributed by atoms with van der Waals surface area (Å²) in [6.07, 6.45) is 0.262. The Balaban J connectivity index is 4.62. The van der Waals surface area contributed by atoms with Gasteiger partial charge in [-0.25, -0.2) is 0 Å². The van der Waals surface area contributed by atoms with Gasteiger partial charge in [0.05, 0.1) is 6.10 Å². The molecule has 6 heteroatoms. The van der Waals surface area contributed by atoms with Gasteiger partial charge in [0.15, 0.2) is 22.4 Å². The zero-order valence-electron chi connectivity index (χ0n) is 13.4. The maximum absolute atomic E-state index is 11.9. The average molecular weight is 305 g/mol. The molecule has 2 atom stereocenters. The lowest BCUT2D eigenvalue weighted by atomic mass is 10.2. The quantitative estimate of drug-likeness (QED) is 0.444. The van der Waals surface area contributed by atoms with Crippen LogP contribution in [-0.2, 0) is 13.6 Å². The van der Waals surface area contributed by atoms with Gasteiger partial charge < -0.3 is 14.0 Å². The highest BCUT2D eigenvalue weighted by Crippen LogP contribution is 2.14. The van der Waals surface area contributed by atoms with E-state index in [2.05, 4.69) is 0 Å². The topological polar surface area (TPSA) is 55.8 Å². The van der Waals surface area contributed by atoms with E-state index in [1.54, 1.807) is 13.8 Å². The molecule has 4 nitrogen and oxygen atoms in total. The van der Waals surface area contributed by atoms with Gasteiger partial charge in [-0.2, -0.15) is 0 Å². The highest BCUT2D eigenvalue weighted by molar-refractivity contribution is 6.70. The number of rotatable bonds is 7. The number of carbonyl (C=O) groups excluding carboxylic acids is 1. The molecule has 0 bridgehead atoms. The fourth-order valence-electron chi connectivity index (χ4n) is 1.56. The van der Waals surface area contributed by atoms with Crippen LogP contribution in [0.5, 0.6) is 0 Å². The van der Waals surface area contributed by atoms with Crippen molar-refractivity contribution in [1.82, 2.24) is 0 Å². The molecule has 0 aromatic heterocycles. The van der Waals surface area contributed by atoms with Gasteiger partial charge in [0.25, 0.3) is 0 Å². The van der Waals surface area contributed by atoms with Gasteiger partial charge >= 0.3 is 0 Å². The summed E-state index contributed by atoms with van der Waals surface area (Å²) in [7, 11) is -3.49. The van der Waals surface area contributed by atoms with E-state index in [4.69, 9.17) is 8.85 Å². The lowest BCUT2D eigenvalue weighted by Crippen LogP contribution is -2.35. The van der Waals surface area contributed by atoms with Crippen molar-refractivity contribution in [2.45, 2.75) is 65.3 Å². The summed E-state index contributed by atoms with van der Waals surface area (Å²) in [5, 5.41) is 9.89. The van der Waals surface area contributed by atoms with Gasteiger partial charge in [-0.3, -0.25) is 4.79 Å². The summed E-state index contributed by atoms with van der Waals surface area (Å²) in [5.41, 5.74) is 0. The molecule has 1 N–H and O–H groups in total. The van der Waals surface area contributed by atoms with Gasteiger partial charge in [0.2, 0.25) is 0 Å². The van der Waals surface area contributed by atoms with Crippen LogP contribution in [0.4, 0.5) is 0 Å². The smallest absolute Gasteiger partial charge is 0.186 e. The Bertz CT molecular complexity index is 340. The summed E-state index contributed by atoms with van der Waals surface area (Å²) >= 11 is 0. The van der Waals surface area contributed by atoms with Crippen LogP contribution in [0.2, 0.25) is 39.3 Å². The minimum Gasteiger partial charge on any atom is -0.509 e. The molecule has 0 amide bonds. The predicted molar refractivity (Wildman–Crippen MR) is 83.5 cm³/mol. The number of hydrogen-bond donors (Lipinski definition) is 1. The lowest BCUT2D eigenvalue weighted by molar-refractivity contribution is -0.120. The summed E-state index contributed by atoms with van der Waals surface area (Å²) in [5.74, 6) is -0.246. The third-order valence-electron chi connectivity index (χ3n) is 2.17. The predicted octanol–water partition coefficient (Wildman–Crippen LogP) is 3.48. The zero-order chi connectivity index (χ0) is 15.4. The van der Waals surface area contributed by atoms with Crippen molar-refractivity contribution in [1.29, 1.82) is 0 Å². The minimum atomic E-state index is -1.76. The molecule has 0 aromatic carbocycles. The second-order valence-corrected chi connectivity index (χ2v) is 15.6. The number of ketones is 1. The van der Waals surface area contributed by atoms with Crippen molar-refractivity contribution in [3.05, 3.63) is 11.8 Å². The highest BCUT2D eigenvalue weighted by atomic mass is 28.4. The van der Waals surface area contributed by atoms with E-state index in [9.17, 15) is 9.90 Å². The SMILES string of the molecule is CC(O[Si](C)(C)C)C(=O)/C=C(\O)C(C)O[Si](C)(C)C. The molecular formula is C13H28O4Si2. The first kappa shape index (κ1) is 18.6. The molecule has 0 radical (unpaired) electrons. The van der Waals surface area contributed by atoms with Gasteiger partial charge in [-0.15, -0.1) is 0 Å². The Morgan fingerprint density at radius 2 is 1.32 bits per heavy atom. The Labute approximate surface area is 119 Å². The summed E-state index contributed by atoms with van der Waals surface area (Å²) in [4.78, 5) is 11.9. The van der Waals surface area contributed by atoms with Crippen molar-refractivity contribution >= 4 is 22.4 Å². The largest absolute Gasteiger partial charge is 0.509 e. The molecule has 0 heterocycles. The van der Waals surface area contributed by atoms with E-state index in [1.807, 2.05) is 39.3 Å². The Morgan fingerprint density at radius 3 is 1.68 bits per heavy atom. The zero-order valence-corrected chi connectivity index (χ0v) is 15.4. The Hall–Kier alpha value is -0.436. The van der Waals surface area contributed by atoms with Crippen LogP contribution in [0.1, 0.15) is 13.8 Å². The van der Waals surface area contributed by atoms with E-state index in [-0.39, 0.29) is 11.5 Å². The first-order valence-corrected chi connectivity index (χ1v) is 13.4. The second-order valence-electron chi connectivity index (χ2n) is 6.72. The van der Waals surface area contributed by atoms with Gasteiger partial charge in [-0.1, -0.05) is 0 Å². The fourth-order valence-corrected chi connectivity index (χ4v) is 3.92. The number of carbonyl (C=O) groups is 1. The molecule has 0 saturated carbocycles. The van der Waals surface area contributed by atoms with Crippen LogP contribution in [0.3, 0.4) is 0 Å². The molecule has 0 aliphatic heterocycles. The van der Waals surface area contributed by atoms with Crippen LogP contribution in [0, 0.1) is 0 Å². The fraction of sp³-hybridized carbons (Fsp3) is 0.769. The highest BCUT2D eigenvalue weighted by Gasteiger charge is 2.24. The third kappa shape index (κ3) is 9.15. The van der Waals surface area contributed by atoms with E-state index >= 15 is 0 Å². The summed E-state index contributed by atoms with van der Waals surface area (Å²) in [6.45, 7) is 15.7. The Kier molecular flexibility index (Phi) is 6.67. The van der Waals surface area contributed by atoms with Gasteiger partial charge in [-0.05, 0) is 53.1 Å². The first-order chi connectivity index (χ1) is 8.32. The van der Waals surface area contributed by atoms with Crippen LogP contribution >= 0.6 is 0 Å². The molecule has 0 saturated heterocycles. The van der Waals surface area contributed by atoms with Crippen LogP contribution in [-0.4, -0.2) is 39.7 Å². The molecule has 0 aromatic rings. The minimum absolute atomic E-state index is 0.0292. The molecule has 2 unspecified atom stereocenters. The number of hydrogen-bond acceptors (Lipinski definition) is 4. The van der Waals surface area contributed by atoms with Crippen molar-refractivity contribution in [3.8, 4) is 0 Å². The van der Waals surface area contributed by atoms with Crippen LogP contribution < -0.4 is 0 Å². The Morgan fingerprint density at radius 1 is 0.947 bits per heavy atom. The molecule has 0 aliphatic rings. The van der Waals surface area contributed by atoms with E-state index in [1.165, 1.54) is 6.08 Å². The average Bonchev–Trinajstić information content (AvgIpc) is 2.11. The van der Waals surface area contributed by atoms with Gasteiger partial charge in [0, 0.05) is 6.08 Å². The van der Waals surface area contributed by atoms with Crippen molar-refractivity contribution < 1.29 is 18.8 Å². The molecule has 112 valence electrons. The van der Waals surface area contributed by atoms with E-state index < -0.39 is 28.8 Å². The molecule has 0 spiro atoms. The van der Waals surface area contributed by atoms with Crippen LogP contribution in [0.15, 0.2) is 11.8 Å². The molecule has 0 fully saturated rings. The standard InChI is InChI=1S/C13H28O4Si2/c1-10(16-18(3,4)5)12(14)9-13(15)11(2)17-19(6,7)8/h9-11,14H,1-8H3/b12-9-. The van der Waals surface area contributed by atoms with E-state index in [0.29, 0.717) is 0 Å². The number of aliphatic hydroxyl groups excluding tert-OH is 1. The lowest BCUT2D eigenvalue weighted by Gasteiger charge is -2.24. The summed E-state index contributed by atoms with van der Waals surface area (Å²) < 4.78 is 11.4. The normalized spacial score (nSPS) is 17.2. The van der Waals surface area contributed by atoms with Crippen LogP contribution in [0.25, 0.3) is 0 Å². The monoisotopic (exact) mass is 304 g/mol. The second kappa shape index (κ2) is 6.83. The van der Waals surface area contributed by atoms with Crippen molar-refractivity contribution in [2.75, 3.05) is 0 Å². The number of aliphatic hydroxyl groups is 1. The molecular weight excluding hydrogens is 276 g/mol. The maximum atomic E-state index is 11.9. The maximum Gasteiger partial charge on any atom is 0.186 e. The van der Waals surface area contributed by atoms with Gasteiger partial charge in [0.1, 0.15) is 11.9 Å².